The first-order valence-electron chi connectivity index (χ1n) is 4.93. The lowest BCUT2D eigenvalue weighted by molar-refractivity contribution is -0.385. The van der Waals surface area contributed by atoms with Gasteiger partial charge in [-0.25, -0.2) is 4.39 Å². The molecule has 0 bridgehead atoms. The van der Waals surface area contributed by atoms with Crippen LogP contribution in [0.4, 0.5) is 10.1 Å². The zero-order valence-corrected chi connectivity index (χ0v) is 11.1. The van der Waals surface area contributed by atoms with Gasteiger partial charge in [-0.15, -0.1) is 0 Å². The first-order valence-corrected chi connectivity index (χ1v) is 6.01. The maximum Gasteiger partial charge on any atom is 0.276 e. The molecule has 0 unspecified atom stereocenters. The number of nitrogens with zero attached hydrogens (tertiary/aromatic N) is 1. The van der Waals surface area contributed by atoms with Crippen molar-refractivity contribution in [2.24, 2.45) is 0 Å². The van der Waals surface area contributed by atoms with Crippen LogP contribution in [0.5, 0.6) is 11.5 Å². The standard InChI is InChI=1S/C12H7FINO3/c13-8-5-9(15(16)17)7-10(6-8)18-12-4-2-1-3-11(12)14/h1-7H. The maximum absolute atomic E-state index is 13.2. The van der Waals surface area contributed by atoms with Crippen molar-refractivity contribution in [2.75, 3.05) is 0 Å². The van der Waals surface area contributed by atoms with Gasteiger partial charge in [0.25, 0.3) is 5.69 Å². The predicted molar refractivity (Wildman–Crippen MR) is 72.3 cm³/mol. The molecule has 0 saturated heterocycles. The quantitative estimate of drug-likeness (QED) is 0.470. The number of nitro groups is 1. The topological polar surface area (TPSA) is 52.4 Å². The van der Waals surface area contributed by atoms with Crippen LogP contribution in [0.15, 0.2) is 42.5 Å². The van der Waals surface area contributed by atoms with Gasteiger partial charge in [-0.05, 0) is 34.7 Å². The first-order chi connectivity index (χ1) is 8.56. The van der Waals surface area contributed by atoms with Gasteiger partial charge in [0.2, 0.25) is 0 Å². The molecular weight excluding hydrogens is 352 g/mol. The van der Waals surface area contributed by atoms with Crippen LogP contribution in [-0.4, -0.2) is 4.92 Å². The van der Waals surface area contributed by atoms with Crippen molar-refractivity contribution in [1.29, 1.82) is 0 Å². The monoisotopic (exact) mass is 359 g/mol. The van der Waals surface area contributed by atoms with E-state index in [4.69, 9.17) is 4.74 Å². The summed E-state index contributed by atoms with van der Waals surface area (Å²) in [6, 6.07) is 10.3. The molecule has 0 N–H and O–H groups in total. The minimum absolute atomic E-state index is 0.103. The van der Waals surface area contributed by atoms with Crippen LogP contribution in [0.2, 0.25) is 0 Å². The number of halogens is 2. The Hall–Kier alpha value is -1.70. The normalized spacial score (nSPS) is 10.1. The molecule has 0 amide bonds. The molecule has 2 aromatic carbocycles. The maximum atomic E-state index is 13.2. The lowest BCUT2D eigenvalue weighted by Crippen LogP contribution is -1.92. The number of benzene rings is 2. The largest absolute Gasteiger partial charge is 0.456 e. The van der Waals surface area contributed by atoms with Crippen LogP contribution in [0.25, 0.3) is 0 Å². The molecule has 0 fully saturated rings. The van der Waals surface area contributed by atoms with Gasteiger partial charge in [0.05, 0.1) is 20.6 Å². The molecule has 6 heteroatoms. The molecule has 18 heavy (non-hydrogen) atoms. The molecule has 0 radical (unpaired) electrons. The van der Waals surface area contributed by atoms with Crippen LogP contribution < -0.4 is 4.74 Å². The highest BCUT2D eigenvalue weighted by molar-refractivity contribution is 14.1. The van der Waals surface area contributed by atoms with Gasteiger partial charge in [-0.2, -0.15) is 0 Å². The second-order valence-electron chi connectivity index (χ2n) is 3.43. The molecule has 92 valence electrons. The molecule has 0 aliphatic rings. The zero-order chi connectivity index (χ0) is 13.1. The van der Waals surface area contributed by atoms with Crippen LogP contribution >= 0.6 is 22.6 Å². The molecule has 4 nitrogen and oxygen atoms in total. The summed E-state index contributed by atoms with van der Waals surface area (Å²) in [7, 11) is 0. The Kier molecular flexibility index (Phi) is 3.75. The number of nitro benzene ring substituents is 1. The van der Waals surface area contributed by atoms with E-state index in [-0.39, 0.29) is 11.4 Å². The number of para-hydroxylation sites is 1. The average Bonchev–Trinajstić information content (AvgIpc) is 2.31. The van der Waals surface area contributed by atoms with E-state index in [9.17, 15) is 14.5 Å². The van der Waals surface area contributed by atoms with Crippen molar-refractivity contribution in [1.82, 2.24) is 0 Å². The van der Waals surface area contributed by atoms with Crippen molar-refractivity contribution < 1.29 is 14.1 Å². The van der Waals surface area contributed by atoms with Crippen molar-refractivity contribution in [3.05, 3.63) is 62.0 Å². The van der Waals surface area contributed by atoms with Crippen LogP contribution in [-0.2, 0) is 0 Å². The molecule has 0 saturated carbocycles. The Morgan fingerprint density at radius 2 is 1.94 bits per heavy atom. The number of hydrogen-bond donors (Lipinski definition) is 0. The van der Waals surface area contributed by atoms with Crippen LogP contribution in [0, 0.1) is 19.5 Å². The van der Waals surface area contributed by atoms with Crippen molar-refractivity contribution >= 4 is 28.3 Å². The fourth-order valence-corrected chi connectivity index (χ4v) is 1.86. The van der Waals surface area contributed by atoms with E-state index >= 15 is 0 Å². The highest BCUT2D eigenvalue weighted by Gasteiger charge is 2.11. The summed E-state index contributed by atoms with van der Waals surface area (Å²) in [6.07, 6.45) is 0. The van der Waals surface area contributed by atoms with Crippen molar-refractivity contribution in [2.45, 2.75) is 0 Å². The zero-order valence-electron chi connectivity index (χ0n) is 8.97. The van der Waals surface area contributed by atoms with E-state index in [0.717, 1.165) is 15.7 Å². The average molecular weight is 359 g/mol. The van der Waals surface area contributed by atoms with Crippen molar-refractivity contribution in [3.8, 4) is 11.5 Å². The Morgan fingerprint density at radius 3 is 2.61 bits per heavy atom. The molecule has 2 aromatic rings. The lowest BCUT2D eigenvalue weighted by atomic mass is 10.3. The van der Waals surface area contributed by atoms with Crippen LogP contribution in [0.3, 0.4) is 0 Å². The Labute approximate surface area is 116 Å². The number of rotatable bonds is 3. The number of non-ortho nitro benzene ring substituents is 1. The summed E-state index contributed by atoms with van der Waals surface area (Å²) in [5, 5.41) is 10.6. The van der Waals surface area contributed by atoms with Gasteiger partial charge in [0.1, 0.15) is 17.3 Å². The smallest absolute Gasteiger partial charge is 0.276 e. The van der Waals surface area contributed by atoms with E-state index in [0.29, 0.717) is 5.75 Å². The Bertz CT molecular complexity index is 604. The van der Waals surface area contributed by atoms with Gasteiger partial charge >= 0.3 is 0 Å². The Balaban J connectivity index is 2.35. The molecule has 0 aliphatic heterocycles. The minimum atomic E-state index is -0.704. The molecule has 0 atom stereocenters. The highest BCUT2D eigenvalue weighted by atomic mass is 127. The minimum Gasteiger partial charge on any atom is -0.456 e. The van der Waals surface area contributed by atoms with Gasteiger partial charge in [-0.1, -0.05) is 12.1 Å². The van der Waals surface area contributed by atoms with E-state index in [1.165, 1.54) is 6.07 Å². The highest BCUT2D eigenvalue weighted by Crippen LogP contribution is 2.29. The van der Waals surface area contributed by atoms with Gasteiger partial charge < -0.3 is 4.74 Å². The summed E-state index contributed by atoms with van der Waals surface area (Å²) in [6.45, 7) is 0. The van der Waals surface area contributed by atoms with E-state index < -0.39 is 10.7 Å². The molecule has 2 rings (SSSR count). The SMILES string of the molecule is O=[N+]([O-])c1cc(F)cc(Oc2ccccc2I)c1. The third-order valence-corrected chi connectivity index (χ3v) is 3.02. The number of ether oxygens (including phenoxy) is 1. The predicted octanol–water partition coefficient (Wildman–Crippen LogP) is 4.13. The fraction of sp³-hybridized carbons (Fsp3) is 0. The summed E-state index contributed by atoms with van der Waals surface area (Å²) in [4.78, 5) is 9.95. The summed E-state index contributed by atoms with van der Waals surface area (Å²) < 4.78 is 19.5. The second kappa shape index (κ2) is 5.30. The van der Waals surface area contributed by atoms with Gasteiger partial charge in [0, 0.05) is 6.07 Å². The fourth-order valence-electron chi connectivity index (χ4n) is 1.37. The molecular formula is C12H7FINO3. The van der Waals surface area contributed by atoms with E-state index in [2.05, 4.69) is 22.6 Å². The van der Waals surface area contributed by atoms with E-state index in [1.807, 2.05) is 12.1 Å². The molecule has 0 heterocycles. The Morgan fingerprint density at radius 1 is 1.22 bits per heavy atom. The van der Waals surface area contributed by atoms with E-state index in [1.54, 1.807) is 12.1 Å². The third kappa shape index (κ3) is 2.95. The molecule has 0 spiro atoms. The summed E-state index contributed by atoms with van der Waals surface area (Å²) in [5.74, 6) is -0.0750. The van der Waals surface area contributed by atoms with Crippen molar-refractivity contribution in [3.63, 3.8) is 0 Å². The van der Waals surface area contributed by atoms with Crippen LogP contribution in [0.1, 0.15) is 0 Å². The van der Waals surface area contributed by atoms with Gasteiger partial charge in [-0.3, -0.25) is 10.1 Å². The lowest BCUT2D eigenvalue weighted by Gasteiger charge is -2.07. The third-order valence-electron chi connectivity index (χ3n) is 2.13. The summed E-state index contributed by atoms with van der Waals surface area (Å²) >= 11 is 2.07. The molecule has 0 aliphatic carbocycles. The number of hydrogen-bond acceptors (Lipinski definition) is 3. The first kappa shape index (κ1) is 12.7. The molecule has 0 aromatic heterocycles. The summed E-state index contributed by atoms with van der Waals surface area (Å²) in [5.41, 5.74) is -0.337. The second-order valence-corrected chi connectivity index (χ2v) is 4.60. The van der Waals surface area contributed by atoms with Gasteiger partial charge in [0.15, 0.2) is 0 Å².